The molecule has 1 heterocycles. The van der Waals surface area contributed by atoms with Gasteiger partial charge in [0.05, 0.1) is 11.5 Å². The van der Waals surface area contributed by atoms with Crippen LogP contribution in [0.4, 0.5) is 0 Å². The quantitative estimate of drug-likeness (QED) is 0.807. The van der Waals surface area contributed by atoms with Gasteiger partial charge in [0.25, 0.3) is 0 Å². The van der Waals surface area contributed by atoms with Gasteiger partial charge in [-0.15, -0.1) is 0 Å². The summed E-state index contributed by atoms with van der Waals surface area (Å²) in [4.78, 5) is -0.241. The molecule has 18 heavy (non-hydrogen) atoms. The van der Waals surface area contributed by atoms with Gasteiger partial charge in [0.15, 0.2) is 9.84 Å². The highest BCUT2D eigenvalue weighted by Crippen LogP contribution is 2.22. The van der Waals surface area contributed by atoms with Crippen LogP contribution < -0.4 is 4.72 Å². The van der Waals surface area contributed by atoms with Gasteiger partial charge >= 0.3 is 0 Å². The van der Waals surface area contributed by atoms with E-state index in [4.69, 9.17) is 0 Å². The second kappa shape index (κ2) is 4.52. The largest absolute Gasteiger partial charge is 0.507 e. The molecule has 6 nitrogen and oxygen atoms in total. The maximum absolute atomic E-state index is 12.0. The summed E-state index contributed by atoms with van der Waals surface area (Å²) in [5, 5.41) is 9.49. The van der Waals surface area contributed by atoms with Gasteiger partial charge in [-0.05, 0) is 18.6 Å². The van der Waals surface area contributed by atoms with Crippen molar-refractivity contribution < 1.29 is 21.9 Å². The number of phenolic OH excluding ortho intramolecular Hbond substituents is 1. The summed E-state index contributed by atoms with van der Waals surface area (Å²) < 4.78 is 48.7. The Morgan fingerprint density at radius 1 is 1.28 bits per heavy atom. The third-order valence-corrected chi connectivity index (χ3v) is 6.04. The molecule has 8 heteroatoms. The minimum atomic E-state index is -3.89. The van der Waals surface area contributed by atoms with Crippen LogP contribution in [0.3, 0.4) is 0 Å². The molecule has 1 unspecified atom stereocenters. The molecule has 0 amide bonds. The van der Waals surface area contributed by atoms with E-state index in [1.807, 2.05) is 0 Å². The summed E-state index contributed by atoms with van der Waals surface area (Å²) in [7, 11) is -7.04. The Labute approximate surface area is 106 Å². The normalized spacial score (nSPS) is 23.0. The van der Waals surface area contributed by atoms with Crippen LogP contribution in [0.25, 0.3) is 0 Å². The van der Waals surface area contributed by atoms with Gasteiger partial charge in [0.2, 0.25) is 10.0 Å². The van der Waals surface area contributed by atoms with Crippen LogP contribution in [0.5, 0.6) is 5.75 Å². The van der Waals surface area contributed by atoms with Crippen molar-refractivity contribution in [2.75, 3.05) is 11.5 Å². The summed E-state index contributed by atoms with van der Waals surface area (Å²) in [6.45, 7) is 0. The molecule has 0 spiro atoms. The van der Waals surface area contributed by atoms with Gasteiger partial charge in [-0.2, -0.15) is 0 Å². The van der Waals surface area contributed by atoms with E-state index >= 15 is 0 Å². The van der Waals surface area contributed by atoms with Gasteiger partial charge in [0, 0.05) is 6.04 Å². The zero-order valence-corrected chi connectivity index (χ0v) is 11.0. The topological polar surface area (TPSA) is 101 Å². The molecule has 100 valence electrons. The predicted molar refractivity (Wildman–Crippen MR) is 65.5 cm³/mol. The molecular formula is C10H13NO5S2. The fraction of sp³-hybridized carbons (Fsp3) is 0.400. The number of phenols is 1. The summed E-state index contributed by atoms with van der Waals surface area (Å²) in [6, 6.07) is 4.90. The number of aromatic hydroxyl groups is 1. The van der Waals surface area contributed by atoms with Crippen LogP contribution in [0.1, 0.15) is 6.42 Å². The molecule has 0 aliphatic carbocycles. The number of sulfone groups is 1. The number of nitrogens with one attached hydrogen (secondary N) is 1. The number of sulfonamides is 1. The highest BCUT2D eigenvalue weighted by Gasteiger charge is 2.32. The molecule has 1 aliphatic heterocycles. The molecule has 2 N–H and O–H groups in total. The van der Waals surface area contributed by atoms with Crippen molar-refractivity contribution in [3.05, 3.63) is 24.3 Å². The average molecular weight is 291 g/mol. The van der Waals surface area contributed by atoms with Crippen molar-refractivity contribution >= 4 is 19.9 Å². The van der Waals surface area contributed by atoms with Gasteiger partial charge in [-0.1, -0.05) is 12.1 Å². The van der Waals surface area contributed by atoms with Crippen LogP contribution in [-0.4, -0.2) is 39.5 Å². The van der Waals surface area contributed by atoms with Crippen LogP contribution in [0.2, 0.25) is 0 Å². The first-order chi connectivity index (χ1) is 8.30. The van der Waals surface area contributed by atoms with Gasteiger partial charge in [-0.3, -0.25) is 0 Å². The van der Waals surface area contributed by atoms with Crippen molar-refractivity contribution in [3.8, 4) is 5.75 Å². The minimum Gasteiger partial charge on any atom is -0.507 e. The van der Waals surface area contributed by atoms with Gasteiger partial charge in [-0.25, -0.2) is 21.6 Å². The monoisotopic (exact) mass is 291 g/mol. The lowest BCUT2D eigenvalue weighted by Crippen LogP contribution is -2.35. The fourth-order valence-corrected chi connectivity index (χ4v) is 5.00. The van der Waals surface area contributed by atoms with E-state index in [0.717, 1.165) is 0 Å². The van der Waals surface area contributed by atoms with E-state index in [0.29, 0.717) is 0 Å². The molecular weight excluding hydrogens is 278 g/mol. The lowest BCUT2D eigenvalue weighted by atomic mass is 10.3. The Morgan fingerprint density at radius 2 is 1.94 bits per heavy atom. The molecule has 1 fully saturated rings. The maximum atomic E-state index is 12.0. The smallest absolute Gasteiger partial charge is 0.244 e. The van der Waals surface area contributed by atoms with Crippen molar-refractivity contribution in [1.82, 2.24) is 4.72 Å². The zero-order valence-electron chi connectivity index (χ0n) is 9.40. The molecule has 0 bridgehead atoms. The standard InChI is InChI=1S/C10H13NO5S2/c12-9-3-1-2-4-10(9)18(15,16)11-8-5-6-17(13,14)7-8/h1-4,8,11-12H,5-7H2. The molecule has 1 saturated heterocycles. The van der Waals surface area contributed by atoms with E-state index in [2.05, 4.69) is 4.72 Å². The number of benzene rings is 1. The minimum absolute atomic E-state index is 0.0129. The SMILES string of the molecule is O=S1(=O)CCC(NS(=O)(=O)c2ccccc2O)C1. The molecule has 0 aromatic heterocycles. The van der Waals surface area contributed by atoms with Crippen LogP contribution in [0.15, 0.2) is 29.2 Å². The van der Waals surface area contributed by atoms with Crippen molar-refractivity contribution in [2.24, 2.45) is 0 Å². The van der Waals surface area contributed by atoms with Gasteiger partial charge < -0.3 is 5.11 Å². The van der Waals surface area contributed by atoms with Crippen molar-refractivity contribution in [1.29, 1.82) is 0 Å². The Bertz CT molecular complexity index is 651. The first kappa shape index (κ1) is 13.3. The first-order valence-corrected chi connectivity index (χ1v) is 8.61. The zero-order chi connectivity index (χ0) is 13.4. The summed E-state index contributed by atoms with van der Waals surface area (Å²) in [6.07, 6.45) is 0.259. The second-order valence-corrected chi connectivity index (χ2v) is 8.10. The Hall–Kier alpha value is -1.12. The first-order valence-electron chi connectivity index (χ1n) is 5.31. The maximum Gasteiger partial charge on any atom is 0.244 e. The molecule has 1 atom stereocenters. The van der Waals surface area contributed by atoms with E-state index in [1.54, 1.807) is 0 Å². The highest BCUT2D eigenvalue weighted by molar-refractivity contribution is 7.92. The second-order valence-electron chi connectivity index (χ2n) is 4.19. The highest BCUT2D eigenvalue weighted by atomic mass is 32.2. The van der Waals surface area contributed by atoms with E-state index < -0.39 is 25.9 Å². The van der Waals surface area contributed by atoms with E-state index in [9.17, 15) is 21.9 Å². The molecule has 1 aromatic rings. The third-order valence-electron chi connectivity index (χ3n) is 2.71. The predicted octanol–water partition coefficient (Wildman–Crippen LogP) is -0.142. The van der Waals surface area contributed by atoms with Crippen molar-refractivity contribution in [3.63, 3.8) is 0 Å². The Kier molecular flexibility index (Phi) is 3.35. The van der Waals surface area contributed by atoms with Crippen LogP contribution in [-0.2, 0) is 19.9 Å². The molecule has 2 rings (SSSR count). The van der Waals surface area contributed by atoms with Gasteiger partial charge in [0.1, 0.15) is 10.6 Å². The fourth-order valence-electron chi connectivity index (χ4n) is 1.86. The van der Waals surface area contributed by atoms with E-state index in [1.165, 1.54) is 24.3 Å². The Balaban J connectivity index is 2.22. The number of rotatable bonds is 3. The average Bonchev–Trinajstić information content (AvgIpc) is 2.57. The lowest BCUT2D eigenvalue weighted by Gasteiger charge is -2.12. The number of hydrogen-bond acceptors (Lipinski definition) is 5. The number of para-hydroxylation sites is 1. The van der Waals surface area contributed by atoms with Crippen LogP contribution in [0, 0.1) is 0 Å². The third kappa shape index (κ3) is 2.82. The molecule has 1 aliphatic rings. The molecule has 0 radical (unpaired) electrons. The summed E-state index contributed by atoms with van der Waals surface area (Å²) in [5.74, 6) is -0.563. The molecule has 1 aromatic carbocycles. The molecule has 0 saturated carbocycles. The van der Waals surface area contributed by atoms with Crippen molar-refractivity contribution in [2.45, 2.75) is 17.4 Å². The Morgan fingerprint density at radius 3 is 2.50 bits per heavy atom. The summed E-state index contributed by atoms with van der Waals surface area (Å²) >= 11 is 0. The van der Waals surface area contributed by atoms with E-state index in [-0.39, 0.29) is 28.6 Å². The lowest BCUT2D eigenvalue weighted by molar-refractivity contribution is 0.457. The number of hydrogen-bond donors (Lipinski definition) is 2. The van der Waals surface area contributed by atoms with Crippen LogP contribution >= 0.6 is 0 Å². The summed E-state index contributed by atoms with van der Waals surface area (Å²) in [5.41, 5.74) is 0.